The van der Waals surface area contributed by atoms with E-state index in [-0.39, 0.29) is 20.6 Å². The highest BCUT2D eigenvalue weighted by Gasteiger charge is 2.19. The molecule has 1 aromatic heterocycles. The van der Waals surface area contributed by atoms with Gasteiger partial charge < -0.3 is 4.74 Å². The van der Waals surface area contributed by atoms with Gasteiger partial charge in [-0.1, -0.05) is 46.4 Å². The van der Waals surface area contributed by atoms with Crippen molar-refractivity contribution in [2.75, 3.05) is 4.72 Å². The van der Waals surface area contributed by atoms with Crippen LogP contribution in [0.4, 0.5) is 5.69 Å². The lowest BCUT2D eigenvalue weighted by Gasteiger charge is -2.12. The zero-order valence-corrected chi connectivity index (χ0v) is 17.1. The molecule has 10 heteroatoms. The van der Waals surface area contributed by atoms with Crippen LogP contribution in [-0.2, 0) is 10.0 Å². The Morgan fingerprint density at radius 1 is 0.815 bits per heavy atom. The third-order valence-electron chi connectivity index (χ3n) is 3.28. The Morgan fingerprint density at radius 2 is 1.59 bits per heavy atom. The summed E-state index contributed by atoms with van der Waals surface area (Å²) in [5.41, 5.74) is 0.166. The van der Waals surface area contributed by atoms with Gasteiger partial charge in [-0.15, -0.1) is 0 Å². The number of rotatable bonds is 5. The number of halogens is 4. The van der Waals surface area contributed by atoms with Crippen LogP contribution in [0.5, 0.6) is 11.5 Å². The minimum Gasteiger partial charge on any atom is -0.456 e. The molecule has 0 aliphatic carbocycles. The van der Waals surface area contributed by atoms with Gasteiger partial charge >= 0.3 is 0 Å². The number of sulfonamides is 1. The van der Waals surface area contributed by atoms with Crippen molar-refractivity contribution in [1.82, 2.24) is 4.98 Å². The molecule has 0 saturated carbocycles. The molecular weight excluding hydrogens is 454 g/mol. The minimum atomic E-state index is -3.95. The van der Waals surface area contributed by atoms with Crippen molar-refractivity contribution in [2.45, 2.75) is 4.90 Å². The SMILES string of the molecule is O=S(=O)(Nc1ccc(Oc2cncc(Cl)c2)cc1Cl)c1ccc(Cl)cc1Cl. The molecule has 0 aliphatic rings. The molecule has 0 unspecified atom stereocenters. The van der Waals surface area contributed by atoms with Gasteiger partial charge in [-0.3, -0.25) is 9.71 Å². The van der Waals surface area contributed by atoms with Crippen LogP contribution in [0.15, 0.2) is 59.8 Å². The van der Waals surface area contributed by atoms with E-state index >= 15 is 0 Å². The van der Waals surface area contributed by atoms with Gasteiger partial charge in [-0.05, 0) is 30.3 Å². The fourth-order valence-corrected chi connectivity index (χ4v) is 4.41. The van der Waals surface area contributed by atoms with Gasteiger partial charge in [0, 0.05) is 23.4 Å². The lowest BCUT2D eigenvalue weighted by Crippen LogP contribution is -2.13. The van der Waals surface area contributed by atoms with Gasteiger partial charge in [0.2, 0.25) is 0 Å². The molecule has 1 N–H and O–H groups in total. The summed E-state index contributed by atoms with van der Waals surface area (Å²) in [6.45, 7) is 0. The van der Waals surface area contributed by atoms with Crippen LogP contribution in [0.2, 0.25) is 20.1 Å². The first kappa shape index (κ1) is 20.0. The Morgan fingerprint density at radius 3 is 2.26 bits per heavy atom. The summed E-state index contributed by atoms with van der Waals surface area (Å²) >= 11 is 23.8. The molecule has 0 fully saturated rings. The highest BCUT2D eigenvalue weighted by molar-refractivity contribution is 7.92. The standard InChI is InChI=1S/C17H10Cl4N2O3S/c18-10-1-4-17(15(21)6-10)27(24,25)23-16-3-2-12(7-14(16)20)26-13-5-11(19)8-22-9-13/h1-9,23H. The van der Waals surface area contributed by atoms with E-state index in [1.54, 1.807) is 12.1 Å². The molecular formula is C17H10Cl4N2O3S. The molecule has 0 atom stereocenters. The second-order valence-electron chi connectivity index (χ2n) is 5.26. The van der Waals surface area contributed by atoms with E-state index in [1.807, 2.05) is 0 Å². The minimum absolute atomic E-state index is 0.000433. The average molecular weight is 464 g/mol. The molecule has 3 rings (SSSR count). The van der Waals surface area contributed by atoms with E-state index in [1.165, 1.54) is 42.7 Å². The van der Waals surface area contributed by atoms with Gasteiger partial charge in [0.1, 0.15) is 16.4 Å². The first-order valence-corrected chi connectivity index (χ1v) is 10.3. The predicted molar refractivity (Wildman–Crippen MR) is 108 cm³/mol. The Labute approximate surface area is 175 Å². The summed E-state index contributed by atoms with van der Waals surface area (Å²) in [5, 5.41) is 0.882. The Bertz CT molecular complexity index is 1110. The van der Waals surface area contributed by atoms with Crippen molar-refractivity contribution in [3.63, 3.8) is 0 Å². The summed E-state index contributed by atoms with van der Waals surface area (Å²) < 4.78 is 33.1. The second kappa shape index (κ2) is 8.12. The molecule has 2 aromatic carbocycles. The molecule has 140 valence electrons. The monoisotopic (exact) mass is 462 g/mol. The molecule has 0 radical (unpaired) electrons. The maximum Gasteiger partial charge on any atom is 0.263 e. The number of hydrogen-bond acceptors (Lipinski definition) is 4. The molecule has 27 heavy (non-hydrogen) atoms. The maximum absolute atomic E-state index is 12.5. The van der Waals surface area contributed by atoms with Crippen molar-refractivity contribution in [1.29, 1.82) is 0 Å². The Kier molecular flexibility index (Phi) is 6.03. The summed E-state index contributed by atoms with van der Waals surface area (Å²) in [6.07, 6.45) is 2.96. The van der Waals surface area contributed by atoms with Gasteiger partial charge in [-0.25, -0.2) is 8.42 Å². The van der Waals surface area contributed by atoms with Crippen LogP contribution < -0.4 is 9.46 Å². The number of nitrogens with zero attached hydrogens (tertiary/aromatic N) is 1. The zero-order chi connectivity index (χ0) is 19.6. The average Bonchev–Trinajstić information content (AvgIpc) is 2.57. The molecule has 5 nitrogen and oxygen atoms in total. The Hall–Kier alpha value is -1.70. The first-order chi connectivity index (χ1) is 12.7. The summed E-state index contributed by atoms with van der Waals surface area (Å²) in [7, 11) is -3.95. The van der Waals surface area contributed by atoms with Crippen molar-refractivity contribution in [2.24, 2.45) is 0 Å². The van der Waals surface area contributed by atoms with Crippen molar-refractivity contribution in [3.8, 4) is 11.5 Å². The van der Waals surface area contributed by atoms with Gasteiger partial charge in [0.15, 0.2) is 0 Å². The lowest BCUT2D eigenvalue weighted by molar-refractivity contribution is 0.480. The molecule has 0 saturated heterocycles. The van der Waals surface area contributed by atoms with Crippen LogP contribution in [-0.4, -0.2) is 13.4 Å². The Balaban J connectivity index is 1.83. The molecule has 3 aromatic rings. The number of anilines is 1. The van der Waals surface area contributed by atoms with Crippen molar-refractivity contribution < 1.29 is 13.2 Å². The van der Waals surface area contributed by atoms with E-state index in [0.717, 1.165) is 0 Å². The van der Waals surface area contributed by atoms with E-state index < -0.39 is 10.0 Å². The summed E-state index contributed by atoms with van der Waals surface area (Å²) in [4.78, 5) is 3.80. The zero-order valence-electron chi connectivity index (χ0n) is 13.3. The van der Waals surface area contributed by atoms with E-state index in [2.05, 4.69) is 9.71 Å². The number of aromatic nitrogens is 1. The number of ether oxygens (including phenoxy) is 1. The van der Waals surface area contributed by atoms with Crippen molar-refractivity contribution in [3.05, 3.63) is 74.9 Å². The van der Waals surface area contributed by atoms with Crippen LogP contribution in [0.3, 0.4) is 0 Å². The summed E-state index contributed by atoms with van der Waals surface area (Å²) in [5.74, 6) is 0.802. The van der Waals surface area contributed by atoms with Crippen LogP contribution >= 0.6 is 46.4 Å². The lowest BCUT2D eigenvalue weighted by atomic mass is 10.3. The predicted octanol–water partition coefficient (Wildman–Crippen LogP) is 6.29. The maximum atomic E-state index is 12.5. The van der Waals surface area contributed by atoms with E-state index in [4.69, 9.17) is 51.1 Å². The second-order valence-corrected chi connectivity index (χ2v) is 8.60. The quantitative estimate of drug-likeness (QED) is 0.482. The fraction of sp³-hybridized carbons (Fsp3) is 0. The molecule has 0 aliphatic heterocycles. The number of hydrogen-bond donors (Lipinski definition) is 1. The topological polar surface area (TPSA) is 68.3 Å². The van der Waals surface area contributed by atoms with Crippen LogP contribution in [0.1, 0.15) is 0 Å². The largest absolute Gasteiger partial charge is 0.456 e. The number of nitrogens with one attached hydrogen (secondary N) is 1. The van der Waals surface area contributed by atoms with E-state index in [0.29, 0.717) is 21.5 Å². The molecule has 0 bridgehead atoms. The third-order valence-corrected chi connectivity index (χ3v) is 5.89. The molecule has 0 amide bonds. The molecule has 1 heterocycles. The highest BCUT2D eigenvalue weighted by Crippen LogP contribution is 2.33. The van der Waals surface area contributed by atoms with Gasteiger partial charge in [0.25, 0.3) is 10.0 Å². The summed E-state index contributed by atoms with van der Waals surface area (Å²) in [6, 6.07) is 10.1. The number of pyridine rings is 1. The number of benzene rings is 2. The normalized spacial score (nSPS) is 11.3. The van der Waals surface area contributed by atoms with Crippen LogP contribution in [0.25, 0.3) is 0 Å². The third kappa shape index (κ3) is 4.97. The fourth-order valence-electron chi connectivity index (χ4n) is 2.12. The van der Waals surface area contributed by atoms with Gasteiger partial charge in [-0.2, -0.15) is 0 Å². The smallest absolute Gasteiger partial charge is 0.263 e. The van der Waals surface area contributed by atoms with Crippen molar-refractivity contribution >= 4 is 62.1 Å². The van der Waals surface area contributed by atoms with Crippen LogP contribution in [0, 0.1) is 0 Å². The van der Waals surface area contributed by atoms with E-state index in [9.17, 15) is 8.42 Å². The highest BCUT2D eigenvalue weighted by atomic mass is 35.5. The van der Waals surface area contributed by atoms with Gasteiger partial charge in [0.05, 0.1) is 27.0 Å². The molecule has 0 spiro atoms. The first-order valence-electron chi connectivity index (χ1n) is 7.30.